The number of hydrogen-bond donors (Lipinski definition) is 2. The molecule has 2 aliphatic heterocycles. The number of likely N-dealkylation sites (tertiary alicyclic amines) is 1. The first kappa shape index (κ1) is 20.4. The van der Waals surface area contributed by atoms with Crippen LogP contribution in [-0.2, 0) is 23.8 Å². The lowest BCUT2D eigenvalue weighted by Gasteiger charge is -2.40. The van der Waals surface area contributed by atoms with Gasteiger partial charge in [0.05, 0.1) is 25.9 Å². The first-order valence-corrected chi connectivity index (χ1v) is 8.82. The van der Waals surface area contributed by atoms with Gasteiger partial charge >= 0.3 is 12.1 Å². The Morgan fingerprint density at radius 3 is 2.27 bits per heavy atom. The van der Waals surface area contributed by atoms with E-state index >= 15 is 0 Å². The highest BCUT2D eigenvalue weighted by molar-refractivity contribution is 5.90. The zero-order chi connectivity index (χ0) is 19.6. The minimum Gasteiger partial charge on any atom is -0.480 e. The Bertz CT molecular complexity index is 555. The summed E-state index contributed by atoms with van der Waals surface area (Å²) in [6.07, 6.45) is -0.197. The van der Waals surface area contributed by atoms with Crippen molar-refractivity contribution >= 4 is 18.0 Å². The molecule has 4 atom stereocenters. The molecule has 0 aromatic carbocycles. The SMILES string of the molecule is COC(=O)NC(C(=O)N1CC2(C[C@H]1C(=O)O)O[C@@H](C)C[C@H](C)O2)C(C)C. The van der Waals surface area contributed by atoms with E-state index in [0.717, 1.165) is 0 Å². The summed E-state index contributed by atoms with van der Waals surface area (Å²) in [6.45, 7) is 7.33. The number of amides is 2. The third kappa shape index (κ3) is 4.27. The second kappa shape index (κ2) is 7.79. The van der Waals surface area contributed by atoms with Gasteiger partial charge in [0.1, 0.15) is 12.1 Å². The zero-order valence-electron chi connectivity index (χ0n) is 15.9. The van der Waals surface area contributed by atoms with Crippen molar-refractivity contribution in [3.63, 3.8) is 0 Å². The van der Waals surface area contributed by atoms with Gasteiger partial charge in [0, 0.05) is 6.42 Å². The summed E-state index contributed by atoms with van der Waals surface area (Å²) in [7, 11) is 1.20. The largest absolute Gasteiger partial charge is 0.480 e. The van der Waals surface area contributed by atoms with E-state index in [1.54, 1.807) is 13.8 Å². The van der Waals surface area contributed by atoms with Crippen LogP contribution in [0.15, 0.2) is 0 Å². The Morgan fingerprint density at radius 2 is 1.81 bits per heavy atom. The fourth-order valence-corrected chi connectivity index (χ4v) is 3.66. The fraction of sp³-hybridized carbons (Fsp3) is 0.824. The molecular weight excluding hydrogens is 344 g/mol. The highest BCUT2D eigenvalue weighted by atomic mass is 16.7. The van der Waals surface area contributed by atoms with E-state index in [2.05, 4.69) is 10.1 Å². The van der Waals surface area contributed by atoms with Gasteiger partial charge < -0.3 is 29.5 Å². The summed E-state index contributed by atoms with van der Waals surface area (Å²) >= 11 is 0. The minimum atomic E-state index is -1.14. The number of methoxy groups -OCH3 is 1. The van der Waals surface area contributed by atoms with Gasteiger partial charge in [-0.05, 0) is 26.2 Å². The van der Waals surface area contributed by atoms with Gasteiger partial charge in [-0.1, -0.05) is 13.8 Å². The van der Waals surface area contributed by atoms with Crippen molar-refractivity contribution in [1.82, 2.24) is 10.2 Å². The molecule has 0 saturated carbocycles. The van der Waals surface area contributed by atoms with Gasteiger partial charge in [-0.25, -0.2) is 9.59 Å². The highest BCUT2D eigenvalue weighted by Gasteiger charge is 2.54. The Balaban J connectivity index is 2.25. The number of carbonyl (C=O) groups excluding carboxylic acids is 2. The average Bonchev–Trinajstić information content (AvgIpc) is 2.89. The standard InChI is InChI=1S/C17H28N2O7/c1-9(2)13(18-16(23)24-5)14(20)19-8-17(7-12(19)15(21)22)25-10(3)6-11(4)26-17/h9-13H,6-8H2,1-5H3,(H,18,23)(H,21,22)/t10-,11-,12-,13?/m0/s1. The van der Waals surface area contributed by atoms with E-state index < -0.39 is 35.8 Å². The number of hydrogen-bond acceptors (Lipinski definition) is 6. The molecule has 2 N–H and O–H groups in total. The van der Waals surface area contributed by atoms with Crippen LogP contribution >= 0.6 is 0 Å². The molecule has 2 saturated heterocycles. The smallest absolute Gasteiger partial charge is 0.407 e. The van der Waals surface area contributed by atoms with Crippen LogP contribution < -0.4 is 5.32 Å². The average molecular weight is 372 g/mol. The summed E-state index contributed by atoms with van der Waals surface area (Å²) in [6, 6.07) is -1.99. The van der Waals surface area contributed by atoms with Crippen molar-refractivity contribution in [1.29, 1.82) is 0 Å². The van der Waals surface area contributed by atoms with Gasteiger partial charge in [0.2, 0.25) is 5.91 Å². The maximum absolute atomic E-state index is 13.0. The minimum absolute atomic E-state index is 0.00352. The quantitative estimate of drug-likeness (QED) is 0.755. The van der Waals surface area contributed by atoms with Crippen LogP contribution in [0.2, 0.25) is 0 Å². The zero-order valence-corrected chi connectivity index (χ0v) is 15.9. The number of nitrogens with one attached hydrogen (secondary N) is 1. The van der Waals surface area contributed by atoms with Gasteiger partial charge in [-0.15, -0.1) is 0 Å². The van der Waals surface area contributed by atoms with Crippen molar-refractivity contribution in [3.8, 4) is 0 Å². The summed E-state index contributed by atoms with van der Waals surface area (Å²) in [5.41, 5.74) is 0. The van der Waals surface area contributed by atoms with E-state index in [4.69, 9.17) is 9.47 Å². The molecule has 0 bridgehead atoms. The lowest BCUT2D eigenvalue weighted by atomic mass is 10.0. The fourth-order valence-electron chi connectivity index (χ4n) is 3.66. The van der Waals surface area contributed by atoms with Gasteiger partial charge in [0.15, 0.2) is 5.79 Å². The van der Waals surface area contributed by atoms with E-state index in [0.29, 0.717) is 6.42 Å². The molecule has 2 amide bonds. The molecule has 0 aromatic rings. The molecule has 26 heavy (non-hydrogen) atoms. The van der Waals surface area contributed by atoms with E-state index in [1.807, 2.05) is 13.8 Å². The topological polar surface area (TPSA) is 114 Å². The molecule has 0 aromatic heterocycles. The number of ether oxygens (including phenoxy) is 3. The van der Waals surface area contributed by atoms with Crippen LogP contribution in [0.4, 0.5) is 4.79 Å². The number of carboxylic acid groups (broad SMARTS) is 1. The van der Waals surface area contributed by atoms with Gasteiger partial charge in [-0.3, -0.25) is 4.79 Å². The molecule has 9 nitrogen and oxygen atoms in total. The Morgan fingerprint density at radius 1 is 1.23 bits per heavy atom. The van der Waals surface area contributed by atoms with Crippen molar-refractivity contribution in [3.05, 3.63) is 0 Å². The lowest BCUT2D eigenvalue weighted by Crippen LogP contribution is -2.55. The Labute approximate surface area is 152 Å². The summed E-state index contributed by atoms with van der Waals surface area (Å²) in [5, 5.41) is 12.1. The summed E-state index contributed by atoms with van der Waals surface area (Å²) < 4.78 is 16.4. The normalized spacial score (nSPS) is 32.5. The van der Waals surface area contributed by atoms with Crippen molar-refractivity contribution in [2.75, 3.05) is 13.7 Å². The third-order valence-corrected chi connectivity index (χ3v) is 4.75. The summed E-state index contributed by atoms with van der Waals surface area (Å²) in [4.78, 5) is 37.6. The highest BCUT2D eigenvalue weighted by Crippen LogP contribution is 2.38. The molecule has 2 heterocycles. The van der Waals surface area contributed by atoms with Crippen LogP contribution in [-0.4, -0.2) is 71.7 Å². The van der Waals surface area contributed by atoms with Crippen LogP contribution in [0.3, 0.4) is 0 Å². The van der Waals surface area contributed by atoms with Gasteiger partial charge in [0.25, 0.3) is 0 Å². The van der Waals surface area contributed by atoms with Crippen LogP contribution in [0, 0.1) is 5.92 Å². The monoisotopic (exact) mass is 372 g/mol. The number of nitrogens with zero attached hydrogens (tertiary/aromatic N) is 1. The number of carbonyl (C=O) groups is 3. The molecule has 1 spiro atoms. The second-order valence-electron chi connectivity index (χ2n) is 7.39. The van der Waals surface area contributed by atoms with Crippen LogP contribution in [0.1, 0.15) is 40.5 Å². The van der Waals surface area contributed by atoms with Crippen molar-refractivity contribution in [2.24, 2.45) is 5.92 Å². The van der Waals surface area contributed by atoms with E-state index in [1.165, 1.54) is 12.0 Å². The number of carboxylic acids is 1. The third-order valence-electron chi connectivity index (χ3n) is 4.75. The molecule has 2 aliphatic rings. The predicted molar refractivity (Wildman–Crippen MR) is 90.4 cm³/mol. The maximum Gasteiger partial charge on any atom is 0.407 e. The molecule has 0 aliphatic carbocycles. The van der Waals surface area contributed by atoms with E-state index in [-0.39, 0.29) is 31.1 Å². The Kier molecular flexibility index (Phi) is 6.13. The first-order valence-electron chi connectivity index (χ1n) is 8.82. The van der Waals surface area contributed by atoms with Crippen molar-refractivity contribution < 1.29 is 33.7 Å². The van der Waals surface area contributed by atoms with Crippen LogP contribution in [0.5, 0.6) is 0 Å². The Hall–Kier alpha value is -1.87. The summed E-state index contributed by atoms with van der Waals surface area (Å²) in [5.74, 6) is -3.01. The maximum atomic E-state index is 13.0. The van der Waals surface area contributed by atoms with Gasteiger partial charge in [-0.2, -0.15) is 0 Å². The van der Waals surface area contributed by atoms with E-state index in [9.17, 15) is 19.5 Å². The first-order chi connectivity index (χ1) is 12.1. The molecule has 148 valence electrons. The molecule has 1 unspecified atom stereocenters. The molecule has 0 radical (unpaired) electrons. The molecule has 2 rings (SSSR count). The number of aliphatic carboxylic acids is 1. The number of rotatable bonds is 4. The molecular formula is C17H28N2O7. The lowest BCUT2D eigenvalue weighted by molar-refractivity contribution is -0.303. The second-order valence-corrected chi connectivity index (χ2v) is 7.39. The van der Waals surface area contributed by atoms with Crippen LogP contribution in [0.25, 0.3) is 0 Å². The van der Waals surface area contributed by atoms with Crippen molar-refractivity contribution in [2.45, 2.75) is 70.6 Å². The predicted octanol–water partition coefficient (Wildman–Crippen LogP) is 0.963. The molecule has 9 heteroatoms. The number of alkyl carbamates (subject to hydrolysis) is 1. The molecule has 2 fully saturated rings.